The van der Waals surface area contributed by atoms with E-state index < -0.39 is 0 Å². The average Bonchev–Trinajstić information content (AvgIpc) is 2.27. The Bertz CT molecular complexity index is 237. The molecule has 0 bridgehead atoms. The highest BCUT2D eigenvalue weighted by molar-refractivity contribution is 5.85. The molecular formula is C11H24ClN3O2. The van der Waals surface area contributed by atoms with E-state index in [0.717, 1.165) is 0 Å². The van der Waals surface area contributed by atoms with Crippen LogP contribution in [0.1, 0.15) is 33.1 Å². The Morgan fingerprint density at radius 1 is 1.35 bits per heavy atom. The van der Waals surface area contributed by atoms with Crippen LogP contribution >= 0.6 is 12.4 Å². The van der Waals surface area contributed by atoms with Gasteiger partial charge in [-0.3, -0.25) is 9.59 Å². The summed E-state index contributed by atoms with van der Waals surface area (Å²) in [5.74, 6) is 0.0482. The molecule has 17 heavy (non-hydrogen) atoms. The molecular weight excluding hydrogens is 242 g/mol. The molecule has 0 aliphatic heterocycles. The van der Waals surface area contributed by atoms with Crippen LogP contribution in [0.5, 0.6) is 0 Å². The number of nitrogens with one attached hydrogen (secondary N) is 1. The third-order valence-electron chi connectivity index (χ3n) is 2.56. The third kappa shape index (κ3) is 7.99. The number of carbonyl (C=O) groups excluding carboxylic acids is 2. The lowest BCUT2D eigenvalue weighted by Gasteiger charge is -2.23. The second-order valence-electron chi connectivity index (χ2n) is 3.90. The summed E-state index contributed by atoms with van der Waals surface area (Å²) in [6.07, 6.45) is 1.40. The fourth-order valence-electron chi connectivity index (χ4n) is 1.27. The number of nitrogens with two attached hydrogens (primary N) is 1. The zero-order chi connectivity index (χ0) is 12.6. The molecule has 1 atom stereocenters. The minimum atomic E-state index is 0. The molecule has 2 amide bonds. The van der Waals surface area contributed by atoms with Gasteiger partial charge in [0, 0.05) is 39.0 Å². The molecule has 1 unspecified atom stereocenters. The molecule has 102 valence electrons. The van der Waals surface area contributed by atoms with Gasteiger partial charge in [0.25, 0.3) is 0 Å². The Morgan fingerprint density at radius 2 is 1.94 bits per heavy atom. The van der Waals surface area contributed by atoms with E-state index >= 15 is 0 Å². The monoisotopic (exact) mass is 265 g/mol. The molecule has 0 aliphatic rings. The number of halogens is 1. The van der Waals surface area contributed by atoms with E-state index in [1.54, 1.807) is 11.9 Å². The molecule has 0 fully saturated rings. The summed E-state index contributed by atoms with van der Waals surface area (Å²) >= 11 is 0. The molecule has 0 aromatic rings. The van der Waals surface area contributed by atoms with Crippen LogP contribution in [0.15, 0.2) is 0 Å². The Morgan fingerprint density at radius 3 is 2.41 bits per heavy atom. The van der Waals surface area contributed by atoms with Crippen LogP contribution in [0.3, 0.4) is 0 Å². The van der Waals surface area contributed by atoms with E-state index in [-0.39, 0.29) is 30.3 Å². The van der Waals surface area contributed by atoms with Crippen molar-refractivity contribution in [1.82, 2.24) is 10.2 Å². The summed E-state index contributed by atoms with van der Waals surface area (Å²) in [6.45, 7) is 4.87. The van der Waals surface area contributed by atoms with Crippen molar-refractivity contribution in [2.45, 2.75) is 39.2 Å². The fraction of sp³-hybridized carbons (Fsp3) is 0.818. The van der Waals surface area contributed by atoms with E-state index in [4.69, 9.17) is 5.73 Å². The summed E-state index contributed by atoms with van der Waals surface area (Å²) in [4.78, 5) is 24.4. The van der Waals surface area contributed by atoms with Crippen LogP contribution < -0.4 is 11.1 Å². The lowest BCUT2D eigenvalue weighted by Crippen LogP contribution is -2.39. The summed E-state index contributed by atoms with van der Waals surface area (Å²) in [7, 11) is 1.74. The van der Waals surface area contributed by atoms with Crippen LogP contribution in [0, 0.1) is 0 Å². The van der Waals surface area contributed by atoms with Gasteiger partial charge in [0.05, 0.1) is 0 Å². The van der Waals surface area contributed by atoms with Crippen LogP contribution in [0.2, 0.25) is 0 Å². The third-order valence-corrected chi connectivity index (χ3v) is 2.56. The highest BCUT2D eigenvalue weighted by atomic mass is 35.5. The summed E-state index contributed by atoms with van der Waals surface area (Å²) in [6, 6.07) is 0.0527. The molecule has 0 rings (SSSR count). The maximum Gasteiger partial charge on any atom is 0.222 e. The highest BCUT2D eigenvalue weighted by Gasteiger charge is 2.14. The minimum Gasteiger partial charge on any atom is -0.356 e. The van der Waals surface area contributed by atoms with Gasteiger partial charge in [-0.2, -0.15) is 0 Å². The van der Waals surface area contributed by atoms with Crippen molar-refractivity contribution in [3.05, 3.63) is 0 Å². The van der Waals surface area contributed by atoms with Crippen LogP contribution in [-0.4, -0.2) is 42.9 Å². The zero-order valence-corrected chi connectivity index (χ0v) is 11.7. The predicted octanol–water partition coefficient (Wildman–Crippen LogP) is 0.520. The first-order valence-electron chi connectivity index (χ1n) is 5.75. The van der Waals surface area contributed by atoms with Gasteiger partial charge in [-0.05, 0) is 20.3 Å². The van der Waals surface area contributed by atoms with E-state index in [0.29, 0.717) is 32.4 Å². The molecule has 5 nitrogen and oxygen atoms in total. The second-order valence-corrected chi connectivity index (χ2v) is 3.90. The first-order valence-corrected chi connectivity index (χ1v) is 5.75. The highest BCUT2D eigenvalue weighted by Crippen LogP contribution is 2.02. The smallest absolute Gasteiger partial charge is 0.222 e. The second kappa shape index (κ2) is 10.4. The fourth-order valence-corrected chi connectivity index (χ4v) is 1.27. The molecule has 3 N–H and O–H groups in total. The standard InChI is InChI=1S/C11H23N3O2.ClH/c1-4-13-10(15)6-5-7-11(16)14(3)9(2)8-12;/h9H,4-8,12H2,1-3H3,(H,13,15);1H. The number of carbonyl (C=O) groups is 2. The van der Waals surface area contributed by atoms with E-state index in [1.165, 1.54) is 0 Å². The number of amides is 2. The van der Waals surface area contributed by atoms with Gasteiger partial charge in [0.2, 0.25) is 11.8 Å². The maximum atomic E-state index is 11.6. The Hall–Kier alpha value is -0.810. The summed E-state index contributed by atoms with van der Waals surface area (Å²) in [5, 5.41) is 2.70. The number of rotatable bonds is 7. The van der Waals surface area contributed by atoms with Crippen molar-refractivity contribution < 1.29 is 9.59 Å². The first-order chi connectivity index (χ1) is 7.52. The van der Waals surface area contributed by atoms with Crippen LogP contribution in [0.25, 0.3) is 0 Å². The van der Waals surface area contributed by atoms with E-state index in [2.05, 4.69) is 5.32 Å². The van der Waals surface area contributed by atoms with E-state index in [9.17, 15) is 9.59 Å². The number of nitrogens with zero attached hydrogens (tertiary/aromatic N) is 1. The van der Waals surface area contributed by atoms with Gasteiger partial charge < -0.3 is 16.0 Å². The SMILES string of the molecule is CCNC(=O)CCCC(=O)N(C)C(C)CN.Cl. The average molecular weight is 266 g/mol. The molecule has 0 aliphatic carbocycles. The largest absolute Gasteiger partial charge is 0.356 e. The van der Waals surface area contributed by atoms with Gasteiger partial charge in [0.1, 0.15) is 0 Å². The minimum absolute atomic E-state index is 0. The zero-order valence-electron chi connectivity index (χ0n) is 10.9. The number of hydrogen-bond acceptors (Lipinski definition) is 3. The van der Waals surface area contributed by atoms with Gasteiger partial charge in [-0.15, -0.1) is 12.4 Å². The van der Waals surface area contributed by atoms with Crippen molar-refractivity contribution in [3.63, 3.8) is 0 Å². The normalized spacial score (nSPS) is 11.3. The lowest BCUT2D eigenvalue weighted by molar-refractivity contribution is -0.131. The molecule has 0 saturated heterocycles. The quantitative estimate of drug-likeness (QED) is 0.705. The summed E-state index contributed by atoms with van der Waals surface area (Å²) < 4.78 is 0. The Kier molecular flexibility index (Phi) is 11.3. The van der Waals surface area contributed by atoms with Crippen LogP contribution in [0.4, 0.5) is 0 Å². The van der Waals surface area contributed by atoms with Crippen molar-refractivity contribution in [2.75, 3.05) is 20.1 Å². The Balaban J connectivity index is 0. The van der Waals surface area contributed by atoms with Crippen molar-refractivity contribution in [3.8, 4) is 0 Å². The Labute approximate surface area is 110 Å². The molecule has 0 spiro atoms. The number of likely N-dealkylation sites (N-methyl/N-ethyl adjacent to an activating group) is 1. The van der Waals surface area contributed by atoms with Gasteiger partial charge in [-0.1, -0.05) is 0 Å². The molecule has 0 aromatic heterocycles. The van der Waals surface area contributed by atoms with Crippen molar-refractivity contribution >= 4 is 24.2 Å². The predicted molar refractivity (Wildman–Crippen MR) is 71.1 cm³/mol. The van der Waals surface area contributed by atoms with Gasteiger partial charge >= 0.3 is 0 Å². The topological polar surface area (TPSA) is 75.4 Å². The van der Waals surface area contributed by atoms with Crippen LogP contribution in [-0.2, 0) is 9.59 Å². The van der Waals surface area contributed by atoms with Crippen molar-refractivity contribution in [2.24, 2.45) is 5.73 Å². The van der Waals surface area contributed by atoms with Crippen molar-refractivity contribution in [1.29, 1.82) is 0 Å². The molecule has 0 radical (unpaired) electrons. The first kappa shape index (κ1) is 18.6. The molecule has 0 aromatic carbocycles. The molecule has 6 heteroatoms. The van der Waals surface area contributed by atoms with Gasteiger partial charge in [0.15, 0.2) is 0 Å². The lowest BCUT2D eigenvalue weighted by atomic mass is 10.2. The molecule has 0 heterocycles. The van der Waals surface area contributed by atoms with E-state index in [1.807, 2.05) is 13.8 Å². The number of hydrogen-bond donors (Lipinski definition) is 2. The molecule has 0 saturated carbocycles. The summed E-state index contributed by atoms with van der Waals surface area (Å²) in [5.41, 5.74) is 5.47. The van der Waals surface area contributed by atoms with Gasteiger partial charge in [-0.25, -0.2) is 0 Å². The maximum absolute atomic E-state index is 11.6.